The Hall–Kier alpha value is -1.40. The molecule has 0 N–H and O–H groups in total. The lowest BCUT2D eigenvalue weighted by Gasteiger charge is -2.37. The Morgan fingerprint density at radius 1 is 0.917 bits per heavy atom. The number of benzene rings is 1. The van der Waals surface area contributed by atoms with Crippen LogP contribution in [0.3, 0.4) is 0 Å². The van der Waals surface area contributed by atoms with Gasteiger partial charge < -0.3 is 14.4 Å². The van der Waals surface area contributed by atoms with Crippen molar-refractivity contribution in [2.24, 2.45) is 0 Å². The average Bonchev–Trinajstić information content (AvgIpc) is 3.06. The molecule has 0 saturated carbocycles. The minimum absolute atomic E-state index is 0.371. The first kappa shape index (κ1) is 16.1. The molecule has 0 bridgehead atoms. The van der Waals surface area contributed by atoms with Gasteiger partial charge in [0.25, 0.3) is 0 Å². The summed E-state index contributed by atoms with van der Waals surface area (Å²) in [6, 6.07) is 9.39. The summed E-state index contributed by atoms with van der Waals surface area (Å²) < 4.78 is 11.5. The summed E-state index contributed by atoms with van der Waals surface area (Å²) in [5.41, 5.74) is 1.67. The number of ether oxygens (including phenoxy) is 2. The molecule has 0 aliphatic carbocycles. The standard InChI is InChI=1S/C17H17Cl2N3O2/c18-13-2-1-12(11-14(13)19)15-3-4-16(21-20-15)22-7-5-17(6-8-22)23-9-10-24-17/h1-4,11H,5-10H2. The van der Waals surface area contributed by atoms with Gasteiger partial charge in [-0.05, 0) is 24.3 Å². The van der Waals surface area contributed by atoms with Crippen molar-refractivity contribution in [3.63, 3.8) is 0 Å². The number of hydrogen-bond acceptors (Lipinski definition) is 5. The maximum absolute atomic E-state index is 6.06. The van der Waals surface area contributed by atoms with Gasteiger partial charge in [0.2, 0.25) is 0 Å². The summed E-state index contributed by atoms with van der Waals surface area (Å²) in [6.45, 7) is 3.08. The first-order valence-corrected chi connectivity index (χ1v) is 8.73. The predicted octanol–water partition coefficient (Wildman–Crippen LogP) is 3.79. The number of halogens is 2. The van der Waals surface area contributed by atoms with E-state index in [1.807, 2.05) is 18.2 Å². The molecular weight excluding hydrogens is 349 g/mol. The van der Waals surface area contributed by atoms with Crippen LogP contribution in [0.4, 0.5) is 5.82 Å². The molecule has 0 unspecified atom stereocenters. The van der Waals surface area contributed by atoms with E-state index in [0.717, 1.165) is 43.0 Å². The molecule has 2 aliphatic heterocycles. The molecule has 1 spiro atoms. The van der Waals surface area contributed by atoms with Crippen molar-refractivity contribution >= 4 is 29.0 Å². The van der Waals surface area contributed by atoms with Crippen molar-refractivity contribution in [1.82, 2.24) is 10.2 Å². The van der Waals surface area contributed by atoms with Gasteiger partial charge in [0.15, 0.2) is 11.6 Å². The molecule has 0 radical (unpaired) electrons. The quantitative estimate of drug-likeness (QED) is 0.809. The summed E-state index contributed by atoms with van der Waals surface area (Å²) >= 11 is 12.0. The third kappa shape index (κ3) is 3.09. The molecule has 3 heterocycles. The molecule has 126 valence electrons. The van der Waals surface area contributed by atoms with Gasteiger partial charge >= 0.3 is 0 Å². The number of aromatic nitrogens is 2. The highest BCUT2D eigenvalue weighted by molar-refractivity contribution is 6.42. The molecule has 7 heteroatoms. The highest BCUT2D eigenvalue weighted by atomic mass is 35.5. The Balaban J connectivity index is 1.47. The van der Waals surface area contributed by atoms with Crippen molar-refractivity contribution in [3.05, 3.63) is 40.4 Å². The molecule has 4 rings (SSSR count). The minimum atomic E-state index is -0.371. The summed E-state index contributed by atoms with van der Waals surface area (Å²) in [6.07, 6.45) is 1.70. The average molecular weight is 366 g/mol. The predicted molar refractivity (Wildman–Crippen MR) is 93.6 cm³/mol. The first-order valence-electron chi connectivity index (χ1n) is 7.97. The van der Waals surface area contributed by atoms with Crippen LogP contribution in [0.1, 0.15) is 12.8 Å². The van der Waals surface area contributed by atoms with Gasteiger partial charge in [0, 0.05) is 31.5 Å². The molecule has 2 fully saturated rings. The maximum Gasteiger partial charge on any atom is 0.171 e. The van der Waals surface area contributed by atoms with Crippen LogP contribution < -0.4 is 4.90 Å². The van der Waals surface area contributed by atoms with Crippen molar-refractivity contribution < 1.29 is 9.47 Å². The zero-order chi connectivity index (χ0) is 16.6. The van der Waals surface area contributed by atoms with E-state index in [4.69, 9.17) is 32.7 Å². The monoisotopic (exact) mass is 365 g/mol. The van der Waals surface area contributed by atoms with Gasteiger partial charge in [0.05, 0.1) is 29.0 Å². The minimum Gasteiger partial charge on any atom is -0.355 e. The summed E-state index contributed by atoms with van der Waals surface area (Å²) in [4.78, 5) is 2.21. The van der Waals surface area contributed by atoms with Crippen LogP contribution in [0.15, 0.2) is 30.3 Å². The maximum atomic E-state index is 6.06. The highest BCUT2D eigenvalue weighted by Gasteiger charge is 2.40. The van der Waals surface area contributed by atoms with Crippen molar-refractivity contribution in [2.45, 2.75) is 18.6 Å². The molecule has 2 aliphatic rings. The lowest BCUT2D eigenvalue weighted by atomic mass is 10.0. The SMILES string of the molecule is Clc1ccc(-c2ccc(N3CCC4(CC3)OCCO4)nn2)cc1Cl. The Bertz CT molecular complexity index is 723. The third-order valence-electron chi connectivity index (χ3n) is 4.53. The third-order valence-corrected chi connectivity index (χ3v) is 5.27. The Kier molecular flexibility index (Phi) is 4.35. The second-order valence-electron chi connectivity index (χ2n) is 6.00. The number of hydrogen-bond donors (Lipinski definition) is 0. The van der Waals surface area contributed by atoms with E-state index in [2.05, 4.69) is 15.1 Å². The van der Waals surface area contributed by atoms with E-state index in [0.29, 0.717) is 23.3 Å². The van der Waals surface area contributed by atoms with E-state index in [9.17, 15) is 0 Å². The second kappa shape index (κ2) is 6.48. The van der Waals surface area contributed by atoms with Gasteiger partial charge in [-0.2, -0.15) is 0 Å². The zero-order valence-electron chi connectivity index (χ0n) is 13.0. The Morgan fingerprint density at radius 3 is 2.29 bits per heavy atom. The molecule has 1 aromatic carbocycles. The topological polar surface area (TPSA) is 47.5 Å². The van der Waals surface area contributed by atoms with Crippen molar-refractivity contribution in [2.75, 3.05) is 31.2 Å². The fourth-order valence-electron chi connectivity index (χ4n) is 3.17. The molecule has 0 atom stereocenters. The van der Waals surface area contributed by atoms with E-state index in [1.54, 1.807) is 12.1 Å². The number of anilines is 1. The van der Waals surface area contributed by atoms with Gasteiger partial charge in [-0.3, -0.25) is 0 Å². The highest BCUT2D eigenvalue weighted by Crippen LogP contribution is 2.33. The molecule has 2 saturated heterocycles. The van der Waals surface area contributed by atoms with Crippen LogP contribution in [0.2, 0.25) is 10.0 Å². The van der Waals surface area contributed by atoms with Gasteiger partial charge in [-0.1, -0.05) is 29.3 Å². The zero-order valence-corrected chi connectivity index (χ0v) is 14.6. The van der Waals surface area contributed by atoms with Crippen LogP contribution in [0, 0.1) is 0 Å². The summed E-state index contributed by atoms with van der Waals surface area (Å²) in [5, 5.41) is 9.74. The lowest BCUT2D eigenvalue weighted by molar-refractivity contribution is -0.169. The normalized spacial score (nSPS) is 19.8. The van der Waals surface area contributed by atoms with Crippen molar-refractivity contribution in [3.8, 4) is 11.3 Å². The van der Waals surface area contributed by atoms with E-state index in [1.165, 1.54) is 0 Å². The van der Waals surface area contributed by atoms with Crippen LogP contribution in [-0.4, -0.2) is 42.3 Å². The molecule has 24 heavy (non-hydrogen) atoms. The molecule has 2 aromatic rings. The molecular formula is C17H17Cl2N3O2. The smallest absolute Gasteiger partial charge is 0.171 e. The summed E-state index contributed by atoms with van der Waals surface area (Å²) in [7, 11) is 0. The fraction of sp³-hybridized carbons (Fsp3) is 0.412. The first-order chi connectivity index (χ1) is 11.7. The second-order valence-corrected chi connectivity index (χ2v) is 6.81. The van der Waals surface area contributed by atoms with Crippen LogP contribution in [0.25, 0.3) is 11.3 Å². The Labute approximate surface area is 150 Å². The van der Waals surface area contributed by atoms with E-state index in [-0.39, 0.29) is 5.79 Å². The van der Waals surface area contributed by atoms with E-state index >= 15 is 0 Å². The van der Waals surface area contributed by atoms with Crippen molar-refractivity contribution in [1.29, 1.82) is 0 Å². The van der Waals surface area contributed by atoms with Gasteiger partial charge in [-0.25, -0.2) is 0 Å². The largest absolute Gasteiger partial charge is 0.355 e. The fourth-order valence-corrected chi connectivity index (χ4v) is 3.46. The van der Waals surface area contributed by atoms with Gasteiger partial charge in [0.1, 0.15) is 0 Å². The molecule has 1 aromatic heterocycles. The summed E-state index contributed by atoms with van der Waals surface area (Å²) in [5.74, 6) is 0.496. The number of nitrogens with zero attached hydrogens (tertiary/aromatic N) is 3. The van der Waals surface area contributed by atoms with Crippen LogP contribution in [0.5, 0.6) is 0 Å². The molecule has 5 nitrogen and oxygen atoms in total. The van der Waals surface area contributed by atoms with Crippen LogP contribution in [-0.2, 0) is 9.47 Å². The number of rotatable bonds is 2. The lowest BCUT2D eigenvalue weighted by Crippen LogP contribution is -2.45. The molecule has 0 amide bonds. The number of piperidine rings is 1. The Morgan fingerprint density at radius 2 is 1.67 bits per heavy atom. The van der Waals surface area contributed by atoms with E-state index < -0.39 is 0 Å². The van der Waals surface area contributed by atoms with Gasteiger partial charge in [-0.15, -0.1) is 10.2 Å². The van der Waals surface area contributed by atoms with Crippen LogP contribution >= 0.6 is 23.2 Å².